The van der Waals surface area contributed by atoms with E-state index in [2.05, 4.69) is 25.3 Å². The highest BCUT2D eigenvalue weighted by atomic mass is 31.2. The van der Waals surface area contributed by atoms with Gasteiger partial charge >= 0.3 is 36.1 Å². The van der Waals surface area contributed by atoms with Gasteiger partial charge < -0.3 is 18.9 Å². The molecule has 2 aliphatic heterocycles. The Morgan fingerprint density at radius 3 is 1.08 bits per heavy atom. The lowest BCUT2D eigenvalue weighted by molar-refractivity contribution is -0.231. The van der Waals surface area contributed by atoms with Crippen molar-refractivity contribution in [2.24, 2.45) is 0 Å². The van der Waals surface area contributed by atoms with Crippen molar-refractivity contribution < 1.29 is 98.4 Å². The number of aromatic nitrogens is 6. The van der Waals surface area contributed by atoms with Gasteiger partial charge in [-0.3, -0.25) is 37.8 Å². The van der Waals surface area contributed by atoms with Gasteiger partial charge in [-0.05, 0) is 119 Å². The minimum atomic E-state index is -5.04. The summed E-state index contributed by atoms with van der Waals surface area (Å²) in [5.41, 5.74) is -3.19. The molecule has 0 radical (unpaired) electrons. The number of benzene rings is 8. The number of morpholine rings is 2. The first-order chi connectivity index (χ1) is 52.3. The van der Waals surface area contributed by atoms with Crippen LogP contribution in [0.25, 0.3) is 0 Å². The first-order valence-electron chi connectivity index (χ1n) is 34.3. The topological polar surface area (TPSA) is 216 Å². The van der Waals surface area contributed by atoms with E-state index in [1.165, 1.54) is 75.7 Å². The van der Waals surface area contributed by atoms with Crippen molar-refractivity contribution in [2.45, 2.75) is 113 Å². The number of hydrogen-bond acceptors (Lipinski definition) is 14. The number of nitrogens with zero attached hydrogens (tertiary/aromatic N) is 5. The first-order valence-corrected chi connectivity index (χ1v) is 40.8. The van der Waals surface area contributed by atoms with Crippen molar-refractivity contribution in [1.82, 2.24) is 39.5 Å². The molecule has 4 heterocycles. The number of hydrogen-bond donors (Lipinski definition) is 3. The van der Waals surface area contributed by atoms with E-state index in [1.807, 2.05) is 121 Å². The summed E-state index contributed by atoms with van der Waals surface area (Å²) in [6.45, 7) is 6.08. The second kappa shape index (κ2) is 35.8. The summed E-state index contributed by atoms with van der Waals surface area (Å²) in [5, 5.41) is 10.2. The van der Waals surface area contributed by atoms with Crippen LogP contribution >= 0.6 is 22.0 Å². The molecule has 35 heteroatoms. The molecule has 12 rings (SSSR count). The van der Waals surface area contributed by atoms with Crippen LogP contribution in [0.5, 0.6) is 0 Å². The average molecular weight is 1620 g/mol. The molecule has 0 bridgehead atoms. The van der Waals surface area contributed by atoms with Gasteiger partial charge in [-0.25, -0.2) is 23.5 Å². The second-order valence-electron chi connectivity index (χ2n) is 26.6. The van der Waals surface area contributed by atoms with Crippen LogP contribution in [0.15, 0.2) is 216 Å². The third-order valence-electron chi connectivity index (χ3n) is 17.6. The smallest absolute Gasteiger partial charge is 0.349 e. The molecule has 10 aromatic rings. The summed E-state index contributed by atoms with van der Waals surface area (Å²) in [6.07, 6.45) is -24.0. The maximum atomic E-state index is 14.4. The molecule has 0 unspecified atom stereocenters. The highest BCUT2D eigenvalue weighted by Crippen LogP contribution is 2.69. The standard InChI is InChI=1S/C28H28O3P2.C25H26F7N4O4P.C23H21F7N4O3/c29-32(21-25-13-5-1-6-14-25,22-26-15-7-2-8-16-26)31-33(30,23-27-17-9-3-10-18-27)24-28-19-11-4-12-20-28;1-14(16-10-17(24(27,28)29)12-18(11-16)25(30,31)32)40-22-21(15-4-6-19(26)7-5-15)35(8-9-39-22)13-20-33-23(37)36(34-20)41(2,3)38;1-12(14-8-15(22(25,26)27)10-16(9-14)23(28,29)30)37-20-19(13-2-4-17(24)5-3-13)34(6-7-36-20)11-18-31-21(35)33-32-18/h1-20H,21-24H2;4-7,10-12,14,21-22H,8-9,13H2,1-3H3,(H,33,34,37);2-5,8-10,12,19-20H,6-7,11H2,1H3,(H2,31,32,33,35)/t;14-,21+,22-;12-,19+,20-/m.11/s1. The van der Waals surface area contributed by atoms with Crippen LogP contribution in [0.4, 0.5) is 61.5 Å². The molecule has 6 atom stereocenters. The molecule has 0 spiro atoms. The molecule has 2 saturated heterocycles. The fraction of sp³-hybridized carbons (Fsp3) is 0.316. The minimum Gasteiger partial charge on any atom is -0.349 e. The summed E-state index contributed by atoms with van der Waals surface area (Å²) in [6, 6.07) is 50.1. The number of H-pyrrole nitrogens is 3. The molecule has 0 amide bonds. The van der Waals surface area contributed by atoms with Gasteiger partial charge in [-0.1, -0.05) is 146 Å². The Morgan fingerprint density at radius 2 is 0.793 bits per heavy atom. The molecule has 592 valence electrons. The number of halogens is 14. The van der Waals surface area contributed by atoms with Crippen LogP contribution in [-0.4, -0.2) is 91.7 Å². The maximum absolute atomic E-state index is 14.4. The largest absolute Gasteiger partial charge is 0.416 e. The normalized spacial score (nSPS) is 17.6. The Labute approximate surface area is 627 Å². The molecule has 111 heavy (non-hydrogen) atoms. The highest BCUT2D eigenvalue weighted by molar-refractivity contribution is 7.70. The molecule has 2 aliphatic rings. The lowest BCUT2D eigenvalue weighted by Gasteiger charge is -2.41. The van der Waals surface area contributed by atoms with Gasteiger partial charge in [0.15, 0.2) is 19.9 Å². The predicted molar refractivity (Wildman–Crippen MR) is 384 cm³/mol. The van der Waals surface area contributed by atoms with Crippen LogP contribution in [0.2, 0.25) is 0 Å². The maximum Gasteiger partial charge on any atom is 0.416 e. The Morgan fingerprint density at radius 1 is 0.468 bits per heavy atom. The van der Waals surface area contributed by atoms with Gasteiger partial charge in [0.1, 0.15) is 23.3 Å². The summed E-state index contributed by atoms with van der Waals surface area (Å²) >= 11 is 0. The van der Waals surface area contributed by atoms with E-state index in [-0.39, 0.29) is 92.4 Å². The van der Waals surface area contributed by atoms with E-state index in [4.69, 9.17) is 23.3 Å². The summed E-state index contributed by atoms with van der Waals surface area (Å²) in [7, 11) is -9.72. The zero-order valence-corrected chi connectivity index (χ0v) is 62.3. The molecule has 3 N–H and O–H groups in total. The van der Waals surface area contributed by atoms with Crippen LogP contribution in [0.3, 0.4) is 0 Å². The van der Waals surface area contributed by atoms with E-state index in [1.54, 1.807) is 9.80 Å². The minimum absolute atomic E-state index is 0.0241. The second-order valence-corrected chi connectivity index (χ2v) is 34.8. The summed E-state index contributed by atoms with van der Waals surface area (Å²) in [5.74, 6) is -0.639. The molecular weight excluding hydrogens is 1540 g/mol. The van der Waals surface area contributed by atoms with Crippen molar-refractivity contribution >= 4 is 22.0 Å². The van der Waals surface area contributed by atoms with E-state index < -0.39 is 129 Å². The van der Waals surface area contributed by atoms with Crippen LogP contribution < -0.4 is 11.4 Å². The van der Waals surface area contributed by atoms with E-state index >= 15 is 0 Å². The monoisotopic (exact) mass is 1620 g/mol. The number of aromatic amines is 3. The van der Waals surface area contributed by atoms with Crippen LogP contribution in [0.1, 0.15) is 117 Å². The Hall–Kier alpha value is -8.93. The molecule has 18 nitrogen and oxygen atoms in total. The summed E-state index contributed by atoms with van der Waals surface area (Å²) < 4.78 is 259. The zero-order chi connectivity index (χ0) is 80.3. The number of nitrogens with one attached hydrogen (secondary N) is 3. The molecule has 2 aromatic heterocycles. The fourth-order valence-corrected chi connectivity index (χ4v) is 19.7. The lowest BCUT2D eigenvalue weighted by Crippen LogP contribution is -2.46. The summed E-state index contributed by atoms with van der Waals surface area (Å²) in [4.78, 5) is 32.3. The van der Waals surface area contributed by atoms with Gasteiger partial charge in [0, 0.05) is 26.4 Å². The van der Waals surface area contributed by atoms with Gasteiger partial charge in [0.2, 0.25) is 14.7 Å². The lowest BCUT2D eigenvalue weighted by atomic mass is 10.0. The third kappa shape index (κ3) is 23.8. The van der Waals surface area contributed by atoms with Crippen molar-refractivity contribution in [3.05, 3.63) is 317 Å². The number of rotatable bonds is 23. The van der Waals surface area contributed by atoms with Crippen molar-refractivity contribution in [1.29, 1.82) is 0 Å². The van der Waals surface area contributed by atoms with E-state index in [0.717, 1.165) is 26.7 Å². The van der Waals surface area contributed by atoms with Gasteiger partial charge in [0.05, 0.1) is 97.5 Å². The number of alkyl halides is 12. The SMILES string of the molecule is C[C@@H](O[C@H]1OCCN(Cc2n[nH]c(=O)[nH]2)[C@H]1c1ccc(F)cc1)c1cc(C(F)(F)F)cc(C(F)(F)F)c1.C[C@@H](O[C@H]1OCCN(Cc2nn(P(C)(C)=O)c(=O)[nH]2)[C@H]1c1ccc(F)cc1)c1cc(C(F)(F)F)cc(C(F)(F)F)c1.O=P(Cc1ccccc1)(Cc1ccccc1)OP(=O)(Cc1ccccc1)Cc1ccccc1. The molecule has 2 fully saturated rings. The Balaban J connectivity index is 0.000000178. The van der Waals surface area contributed by atoms with Gasteiger partial charge in [0.25, 0.3) is 0 Å². The van der Waals surface area contributed by atoms with Gasteiger partial charge in [-0.15, -0.1) is 5.10 Å². The van der Waals surface area contributed by atoms with Crippen molar-refractivity contribution in [2.75, 3.05) is 39.6 Å². The Kier molecular flexibility index (Phi) is 27.3. The molecule has 0 saturated carbocycles. The molecule has 8 aromatic carbocycles. The van der Waals surface area contributed by atoms with Crippen LogP contribution in [0, 0.1) is 11.6 Å². The first kappa shape index (κ1) is 84.5. The van der Waals surface area contributed by atoms with Gasteiger partial charge in [-0.2, -0.15) is 62.2 Å². The average Bonchev–Trinajstić information content (AvgIpc) is 1.68. The number of ether oxygens (including phenoxy) is 4. The molecule has 0 aliphatic carbocycles. The van der Waals surface area contributed by atoms with Crippen LogP contribution in [-0.2, 0) is 99.4 Å². The van der Waals surface area contributed by atoms with E-state index in [0.29, 0.717) is 41.9 Å². The van der Waals surface area contributed by atoms with Crippen molar-refractivity contribution in [3.8, 4) is 0 Å². The van der Waals surface area contributed by atoms with Crippen molar-refractivity contribution in [3.63, 3.8) is 0 Å². The Bertz CT molecular complexity index is 4720. The third-order valence-corrected chi connectivity index (χ3v) is 24.6. The predicted octanol–water partition coefficient (Wildman–Crippen LogP) is 19.1. The quantitative estimate of drug-likeness (QED) is 0.0401. The molecular formula is C76H75F14N8O10P3. The highest BCUT2D eigenvalue weighted by Gasteiger charge is 2.43. The van der Waals surface area contributed by atoms with E-state index in [9.17, 15) is 84.8 Å². The fourth-order valence-electron chi connectivity index (χ4n) is 12.5. The zero-order valence-electron chi connectivity index (χ0n) is 59.6.